The van der Waals surface area contributed by atoms with Crippen molar-refractivity contribution in [2.45, 2.75) is 43.6 Å². The summed E-state index contributed by atoms with van der Waals surface area (Å²) in [6, 6.07) is 0. The molecule has 0 aromatic heterocycles. The number of hydrogen-bond acceptors (Lipinski definition) is 3. The fraction of sp³-hybridized carbons (Fsp3) is 0.500. The van der Waals surface area contributed by atoms with Crippen LogP contribution in [0.4, 0.5) is 8.78 Å². The molecule has 1 amide bonds. The number of nitrogens with two attached hydrogens (primary N) is 1. The molecule has 4 N–H and O–H groups in total. The summed E-state index contributed by atoms with van der Waals surface area (Å²) in [5.74, 6) is -3.23. The summed E-state index contributed by atoms with van der Waals surface area (Å²) in [6.45, 7) is 0. The number of rotatable bonds is 2. The van der Waals surface area contributed by atoms with Crippen molar-refractivity contribution >= 4 is 37.0 Å². The summed E-state index contributed by atoms with van der Waals surface area (Å²) >= 11 is 3.13. The molecule has 4 nitrogen and oxygen atoms in total. The molecule has 2 aliphatic rings. The first-order chi connectivity index (χ1) is 10.2. The average molecular weight is 442 g/mol. The van der Waals surface area contributed by atoms with Crippen LogP contribution in [-0.2, 0) is 4.79 Å². The van der Waals surface area contributed by atoms with Crippen LogP contribution < -0.4 is 10.1 Å². The van der Waals surface area contributed by atoms with Crippen molar-refractivity contribution in [2.75, 3.05) is 0 Å². The number of carbonyl (C=O) groups excluding carboxylic acids is 1. The van der Waals surface area contributed by atoms with Crippen LogP contribution in [0.3, 0.4) is 0 Å². The monoisotopic (exact) mass is 442 g/mol. The average Bonchev–Trinajstić information content (AvgIpc) is 2.53. The van der Waals surface area contributed by atoms with E-state index in [0.717, 1.165) is 4.48 Å². The van der Waals surface area contributed by atoms with Crippen molar-refractivity contribution in [3.63, 3.8) is 0 Å². The van der Waals surface area contributed by atoms with E-state index in [0.29, 0.717) is 16.5 Å². The van der Waals surface area contributed by atoms with Gasteiger partial charge in [0.25, 0.3) is 0 Å². The zero-order valence-electron chi connectivity index (χ0n) is 11.7. The van der Waals surface area contributed by atoms with E-state index in [1.165, 1.54) is 0 Å². The van der Waals surface area contributed by atoms with E-state index in [1.54, 1.807) is 18.4 Å². The third kappa shape index (κ3) is 4.19. The molecular weight excluding hydrogens is 425 g/mol. The van der Waals surface area contributed by atoms with Crippen molar-refractivity contribution in [3.8, 4) is 0 Å². The van der Waals surface area contributed by atoms with Crippen LogP contribution in [0, 0.1) is 0 Å². The molecule has 1 fully saturated rings. The Morgan fingerprint density at radius 3 is 2.59 bits per heavy atom. The molecule has 1 heterocycles. The second-order valence-electron chi connectivity index (χ2n) is 5.40. The molecule has 0 aromatic rings. The van der Waals surface area contributed by atoms with Gasteiger partial charge in [0.1, 0.15) is 0 Å². The predicted molar refractivity (Wildman–Crippen MR) is 84.2 cm³/mol. The van der Waals surface area contributed by atoms with Crippen LogP contribution in [0.15, 0.2) is 32.9 Å². The van der Waals surface area contributed by atoms with Gasteiger partial charge < -0.3 is 0 Å². The molecule has 22 heavy (non-hydrogen) atoms. The quantitative estimate of drug-likeness (QED) is 0.574. The Kier molecular flexibility index (Phi) is 5.48. The van der Waals surface area contributed by atoms with Gasteiger partial charge in [0, 0.05) is 0 Å². The molecule has 2 rings (SSSR count). The number of primary amides is 1. The van der Waals surface area contributed by atoms with Crippen molar-refractivity contribution < 1.29 is 18.7 Å². The molecule has 0 radical (unpaired) electrons. The van der Waals surface area contributed by atoms with Crippen LogP contribution in [0.2, 0.25) is 0 Å². The summed E-state index contributed by atoms with van der Waals surface area (Å²) in [4.78, 5) is 11.3. The second kappa shape index (κ2) is 6.83. The molecule has 0 unspecified atom stereocenters. The molecule has 1 aliphatic carbocycles. The van der Waals surface area contributed by atoms with Crippen molar-refractivity contribution in [2.24, 2.45) is 5.73 Å². The molecule has 1 saturated carbocycles. The first-order valence-electron chi connectivity index (χ1n) is 6.82. The van der Waals surface area contributed by atoms with Crippen LogP contribution >= 0.6 is 15.9 Å². The number of allylic oxidation sites excluding steroid dienone is 2. The standard InChI is InChI=1S/C14H17BrF2N2O2Se/c15-10-2-1-9(12(18)20)3-8-19-22-11(10)13(21)4-6-14(16,17)7-5-13/h1,3,8,19,21H,2,4-7H2,(H2,18,20)/b8-3-,9-1+,11-10+. The van der Waals surface area contributed by atoms with Crippen molar-refractivity contribution in [1.29, 1.82) is 0 Å². The number of nitrogens with one attached hydrogen (secondary N) is 1. The van der Waals surface area contributed by atoms with Gasteiger partial charge in [-0.1, -0.05) is 0 Å². The summed E-state index contributed by atoms with van der Waals surface area (Å²) in [6.07, 6.45) is 4.65. The van der Waals surface area contributed by atoms with Crippen molar-refractivity contribution in [3.05, 3.63) is 32.9 Å². The van der Waals surface area contributed by atoms with Gasteiger partial charge in [0.15, 0.2) is 0 Å². The summed E-state index contributed by atoms with van der Waals surface area (Å²) in [5.41, 5.74) is 4.41. The molecule has 0 bridgehead atoms. The fourth-order valence-corrected chi connectivity index (χ4v) is 5.14. The first kappa shape index (κ1) is 17.7. The number of amides is 1. The minimum absolute atomic E-state index is 0.0317. The van der Waals surface area contributed by atoms with Gasteiger partial charge in [-0.3, -0.25) is 0 Å². The van der Waals surface area contributed by atoms with E-state index in [9.17, 15) is 18.7 Å². The molecule has 0 spiro atoms. The normalized spacial score (nSPS) is 31.7. The number of aliphatic hydroxyl groups is 1. The van der Waals surface area contributed by atoms with Gasteiger partial charge in [-0.05, 0) is 0 Å². The van der Waals surface area contributed by atoms with Gasteiger partial charge in [0.2, 0.25) is 0 Å². The van der Waals surface area contributed by atoms with Crippen LogP contribution in [-0.4, -0.2) is 37.7 Å². The maximum absolute atomic E-state index is 13.3. The third-order valence-electron chi connectivity index (χ3n) is 3.76. The zero-order valence-corrected chi connectivity index (χ0v) is 15.0. The Morgan fingerprint density at radius 1 is 1.36 bits per heavy atom. The van der Waals surface area contributed by atoms with Gasteiger partial charge in [-0.25, -0.2) is 0 Å². The second-order valence-corrected chi connectivity index (χ2v) is 8.14. The number of halogens is 3. The first-order valence-corrected chi connectivity index (χ1v) is 9.32. The van der Waals surface area contributed by atoms with Crippen molar-refractivity contribution in [1.82, 2.24) is 4.33 Å². The molecule has 1 aliphatic heterocycles. The van der Waals surface area contributed by atoms with Gasteiger partial charge in [0.05, 0.1) is 0 Å². The van der Waals surface area contributed by atoms with E-state index in [2.05, 4.69) is 20.3 Å². The molecule has 122 valence electrons. The molecule has 0 aromatic carbocycles. The van der Waals surface area contributed by atoms with E-state index in [1.807, 2.05) is 0 Å². The summed E-state index contributed by atoms with van der Waals surface area (Å²) < 4.78 is 31.1. The number of carbonyl (C=O) groups is 1. The Balaban J connectivity index is 2.25. The minimum atomic E-state index is -2.70. The topological polar surface area (TPSA) is 75.4 Å². The Labute approximate surface area is 142 Å². The van der Waals surface area contributed by atoms with Crippen LogP contribution in [0.5, 0.6) is 0 Å². The molecule has 0 saturated heterocycles. The van der Waals surface area contributed by atoms with E-state index in [4.69, 9.17) is 5.73 Å². The third-order valence-corrected chi connectivity index (χ3v) is 7.34. The Bertz CT molecular complexity index is 551. The number of hydrogen-bond donors (Lipinski definition) is 3. The Morgan fingerprint density at radius 2 is 2.00 bits per heavy atom. The molecular formula is C14H17BrF2N2O2Se. The van der Waals surface area contributed by atoms with Gasteiger partial charge in [-0.2, -0.15) is 0 Å². The summed E-state index contributed by atoms with van der Waals surface area (Å²) in [7, 11) is 0. The SMILES string of the molecule is NC(=O)C1=C/C/C(Br)=C(/C2(O)CCC(F)(F)CC2)[Se]N/C=C\1. The van der Waals surface area contributed by atoms with E-state index in [-0.39, 0.29) is 40.9 Å². The fourth-order valence-electron chi connectivity index (χ4n) is 2.42. The van der Waals surface area contributed by atoms with Crippen LogP contribution in [0.25, 0.3) is 0 Å². The number of alkyl halides is 2. The van der Waals surface area contributed by atoms with Crippen LogP contribution in [0.1, 0.15) is 32.1 Å². The maximum atomic E-state index is 13.3. The molecule has 8 heteroatoms. The Hall–Kier alpha value is -0.691. The van der Waals surface area contributed by atoms with Gasteiger partial charge in [-0.15, -0.1) is 0 Å². The zero-order chi connectivity index (χ0) is 16.4. The van der Waals surface area contributed by atoms with E-state index >= 15 is 0 Å². The van der Waals surface area contributed by atoms with Gasteiger partial charge >= 0.3 is 142 Å². The predicted octanol–water partition coefficient (Wildman–Crippen LogP) is 2.07. The van der Waals surface area contributed by atoms with E-state index < -0.39 is 17.4 Å². The molecule has 0 atom stereocenters. The summed E-state index contributed by atoms with van der Waals surface area (Å²) in [5, 5.41) is 10.8.